The first-order valence-electron chi connectivity index (χ1n) is 9.15. The van der Waals surface area contributed by atoms with Crippen molar-refractivity contribution >= 4 is 16.7 Å². The van der Waals surface area contributed by atoms with Crippen LogP contribution in [0.4, 0.5) is 0 Å². The Kier molecular flexibility index (Phi) is 4.47. The molecule has 134 valence electrons. The van der Waals surface area contributed by atoms with Crippen molar-refractivity contribution in [2.75, 3.05) is 13.1 Å². The fraction of sp³-hybridized carbons (Fsp3) is 0.333. The number of rotatable bonds is 3. The monoisotopic (exact) mass is 349 g/mol. The third-order valence-corrected chi connectivity index (χ3v) is 5.31. The molecule has 2 heterocycles. The molecule has 1 aromatic heterocycles. The van der Waals surface area contributed by atoms with E-state index >= 15 is 0 Å². The van der Waals surface area contributed by atoms with Crippen LogP contribution >= 0.6 is 0 Å². The Balaban J connectivity index is 1.51. The van der Waals surface area contributed by atoms with Crippen LogP contribution in [0, 0.1) is 0 Å². The van der Waals surface area contributed by atoms with Crippen molar-refractivity contribution in [3.05, 3.63) is 66.0 Å². The Labute approximate surface area is 152 Å². The van der Waals surface area contributed by atoms with E-state index in [1.807, 2.05) is 19.1 Å². The van der Waals surface area contributed by atoms with Crippen molar-refractivity contribution in [2.45, 2.75) is 31.9 Å². The molecule has 0 radical (unpaired) electrons. The third-order valence-electron chi connectivity index (χ3n) is 5.31. The maximum Gasteiger partial charge on any atom is 0.272 e. The van der Waals surface area contributed by atoms with E-state index in [4.69, 9.17) is 0 Å². The summed E-state index contributed by atoms with van der Waals surface area (Å²) in [5.41, 5.74) is 1.73. The summed E-state index contributed by atoms with van der Waals surface area (Å²) in [6, 6.07) is 16.3. The molecule has 1 aliphatic heterocycles. The van der Waals surface area contributed by atoms with Gasteiger partial charge in [-0.25, -0.2) is 0 Å². The summed E-state index contributed by atoms with van der Waals surface area (Å²) >= 11 is 0. The quantitative estimate of drug-likeness (QED) is 0.791. The second-order valence-corrected chi connectivity index (χ2v) is 6.85. The highest BCUT2D eigenvalue weighted by atomic mass is 16.3. The maximum atomic E-state index is 12.8. The SMILES string of the molecule is CCn1nccc1C(=O)N1CC[C@H](c2ccc3ccccc3c2)[C@@H](O)C1. The number of piperidine rings is 1. The molecule has 1 saturated heterocycles. The summed E-state index contributed by atoms with van der Waals surface area (Å²) in [6.45, 7) is 3.61. The topological polar surface area (TPSA) is 58.4 Å². The van der Waals surface area contributed by atoms with E-state index in [0.29, 0.717) is 25.3 Å². The van der Waals surface area contributed by atoms with Crippen LogP contribution in [0.5, 0.6) is 0 Å². The van der Waals surface area contributed by atoms with Gasteiger partial charge in [-0.2, -0.15) is 5.10 Å². The first-order chi connectivity index (χ1) is 12.7. The molecule has 1 N–H and O–H groups in total. The number of carbonyl (C=O) groups is 1. The number of fused-ring (bicyclic) bond motifs is 1. The van der Waals surface area contributed by atoms with E-state index in [0.717, 1.165) is 12.0 Å². The zero-order valence-electron chi connectivity index (χ0n) is 14.9. The van der Waals surface area contributed by atoms with Crippen LogP contribution in [-0.2, 0) is 6.54 Å². The molecule has 0 unspecified atom stereocenters. The standard InChI is InChI=1S/C21H23N3O2/c1-2-24-19(9-11-22-24)21(26)23-12-10-18(20(25)14-23)17-8-7-15-5-3-4-6-16(15)13-17/h3-9,11,13,18,20,25H,2,10,12,14H2,1H3/t18-,20+/m1/s1. The molecule has 0 spiro atoms. The second kappa shape index (κ2) is 6.92. The van der Waals surface area contributed by atoms with Crippen LogP contribution in [0.15, 0.2) is 54.7 Å². The predicted molar refractivity (Wildman–Crippen MR) is 101 cm³/mol. The minimum absolute atomic E-state index is 0.0552. The number of aliphatic hydroxyl groups excluding tert-OH is 1. The number of β-amino-alcohol motifs (C(OH)–C–C–N with tert-alkyl or cyclic N) is 1. The summed E-state index contributed by atoms with van der Waals surface area (Å²) in [6.07, 6.45) is 1.84. The Morgan fingerprint density at radius 3 is 2.77 bits per heavy atom. The average Bonchev–Trinajstić information content (AvgIpc) is 3.15. The third kappa shape index (κ3) is 2.99. The van der Waals surface area contributed by atoms with Crippen molar-refractivity contribution in [3.8, 4) is 0 Å². The van der Waals surface area contributed by atoms with Gasteiger partial charge < -0.3 is 10.0 Å². The lowest BCUT2D eigenvalue weighted by molar-refractivity contribution is 0.0373. The molecular weight excluding hydrogens is 326 g/mol. The lowest BCUT2D eigenvalue weighted by Crippen LogP contribution is -2.46. The molecule has 26 heavy (non-hydrogen) atoms. The van der Waals surface area contributed by atoms with Crippen LogP contribution in [0.2, 0.25) is 0 Å². The fourth-order valence-electron chi connectivity index (χ4n) is 3.87. The lowest BCUT2D eigenvalue weighted by Gasteiger charge is -2.36. The van der Waals surface area contributed by atoms with Gasteiger partial charge in [0.05, 0.1) is 6.10 Å². The number of benzene rings is 2. The van der Waals surface area contributed by atoms with Gasteiger partial charge >= 0.3 is 0 Å². The number of amides is 1. The van der Waals surface area contributed by atoms with Crippen molar-refractivity contribution < 1.29 is 9.90 Å². The van der Waals surface area contributed by atoms with Crippen molar-refractivity contribution in [1.82, 2.24) is 14.7 Å². The van der Waals surface area contributed by atoms with Gasteiger partial charge in [-0.05, 0) is 35.7 Å². The second-order valence-electron chi connectivity index (χ2n) is 6.85. The van der Waals surface area contributed by atoms with E-state index in [2.05, 4.69) is 35.4 Å². The number of hydrogen-bond donors (Lipinski definition) is 1. The van der Waals surface area contributed by atoms with Crippen molar-refractivity contribution in [2.24, 2.45) is 0 Å². The summed E-state index contributed by atoms with van der Waals surface area (Å²) < 4.78 is 1.70. The molecule has 5 heteroatoms. The molecule has 0 saturated carbocycles. The van der Waals surface area contributed by atoms with Crippen LogP contribution in [0.3, 0.4) is 0 Å². The number of nitrogens with zero attached hydrogens (tertiary/aromatic N) is 3. The molecular formula is C21H23N3O2. The first kappa shape index (κ1) is 16.8. The Morgan fingerprint density at radius 1 is 1.19 bits per heavy atom. The molecule has 1 aliphatic rings. The van der Waals surface area contributed by atoms with E-state index in [1.54, 1.807) is 21.8 Å². The van der Waals surface area contributed by atoms with Gasteiger partial charge in [0.15, 0.2) is 0 Å². The van der Waals surface area contributed by atoms with Gasteiger partial charge in [0.1, 0.15) is 5.69 Å². The Morgan fingerprint density at radius 2 is 2.00 bits per heavy atom. The van der Waals surface area contributed by atoms with Gasteiger partial charge in [-0.3, -0.25) is 9.48 Å². The molecule has 1 fully saturated rings. The zero-order chi connectivity index (χ0) is 18.1. The minimum atomic E-state index is -0.563. The first-order valence-corrected chi connectivity index (χ1v) is 9.15. The molecule has 0 aliphatic carbocycles. The minimum Gasteiger partial charge on any atom is -0.391 e. The van der Waals surface area contributed by atoms with E-state index < -0.39 is 6.10 Å². The molecule has 1 amide bonds. The van der Waals surface area contributed by atoms with Gasteiger partial charge in [-0.1, -0.05) is 42.5 Å². The molecule has 0 bridgehead atoms. The predicted octanol–water partition coefficient (Wildman–Crippen LogP) is 3.05. The molecule has 2 atom stereocenters. The van der Waals surface area contributed by atoms with Crippen molar-refractivity contribution in [3.63, 3.8) is 0 Å². The number of likely N-dealkylation sites (tertiary alicyclic amines) is 1. The van der Waals surface area contributed by atoms with Gasteiger partial charge in [0.2, 0.25) is 0 Å². The fourth-order valence-corrected chi connectivity index (χ4v) is 3.87. The number of hydrogen-bond acceptors (Lipinski definition) is 3. The Bertz CT molecular complexity index is 934. The van der Waals surface area contributed by atoms with Crippen LogP contribution < -0.4 is 0 Å². The maximum absolute atomic E-state index is 12.8. The zero-order valence-corrected chi connectivity index (χ0v) is 14.9. The largest absolute Gasteiger partial charge is 0.391 e. The van der Waals surface area contributed by atoms with Crippen LogP contribution in [-0.4, -0.2) is 44.9 Å². The van der Waals surface area contributed by atoms with E-state index in [-0.39, 0.29) is 11.8 Å². The normalized spacial score (nSPS) is 20.5. The van der Waals surface area contributed by atoms with Crippen molar-refractivity contribution in [1.29, 1.82) is 0 Å². The number of aliphatic hydroxyl groups is 1. The van der Waals surface area contributed by atoms with Crippen LogP contribution in [0.25, 0.3) is 10.8 Å². The summed E-state index contributed by atoms with van der Waals surface area (Å²) in [4.78, 5) is 14.5. The average molecular weight is 349 g/mol. The molecule has 4 rings (SSSR count). The van der Waals surface area contributed by atoms with E-state index in [9.17, 15) is 9.90 Å². The highest BCUT2D eigenvalue weighted by Gasteiger charge is 2.32. The summed E-state index contributed by atoms with van der Waals surface area (Å²) in [5, 5.41) is 17.3. The van der Waals surface area contributed by atoms with Crippen LogP contribution in [0.1, 0.15) is 35.3 Å². The lowest BCUT2D eigenvalue weighted by atomic mass is 9.86. The number of aromatic nitrogens is 2. The van der Waals surface area contributed by atoms with Gasteiger partial charge in [0.25, 0.3) is 5.91 Å². The summed E-state index contributed by atoms with van der Waals surface area (Å²) in [5.74, 6) is 0.0000958. The molecule has 5 nitrogen and oxygen atoms in total. The molecule has 2 aromatic carbocycles. The summed E-state index contributed by atoms with van der Waals surface area (Å²) in [7, 11) is 0. The number of aryl methyl sites for hydroxylation is 1. The van der Waals surface area contributed by atoms with Gasteiger partial charge in [-0.15, -0.1) is 0 Å². The Hall–Kier alpha value is -2.66. The molecule has 3 aromatic rings. The highest BCUT2D eigenvalue weighted by Crippen LogP contribution is 2.31. The van der Waals surface area contributed by atoms with Gasteiger partial charge in [0, 0.05) is 31.7 Å². The smallest absolute Gasteiger partial charge is 0.272 e. The van der Waals surface area contributed by atoms with E-state index in [1.165, 1.54) is 10.8 Å². The highest BCUT2D eigenvalue weighted by molar-refractivity contribution is 5.92. The number of carbonyl (C=O) groups excluding carboxylic acids is 1.